The number of aromatic nitrogens is 3. The average molecular weight is 492 g/mol. The predicted octanol–water partition coefficient (Wildman–Crippen LogP) is 4.08. The van der Waals surface area contributed by atoms with Gasteiger partial charge in [0.2, 0.25) is 5.88 Å². The molecule has 0 amide bonds. The Kier molecular flexibility index (Phi) is 7.02. The van der Waals surface area contributed by atoms with Crippen LogP contribution in [0.3, 0.4) is 0 Å². The molecule has 4 aromatic rings. The minimum Gasteiger partial charge on any atom is -0.493 e. The normalized spacial score (nSPS) is 11.6. The van der Waals surface area contributed by atoms with E-state index in [-0.39, 0.29) is 23.1 Å². The fourth-order valence-corrected chi connectivity index (χ4v) is 4.16. The van der Waals surface area contributed by atoms with E-state index in [2.05, 4.69) is 13.7 Å². The Labute approximate surface area is 204 Å². The van der Waals surface area contributed by atoms with E-state index in [4.69, 9.17) is 14.2 Å². The Morgan fingerprint density at radius 2 is 1.60 bits per heavy atom. The van der Waals surface area contributed by atoms with Crippen molar-refractivity contribution in [2.75, 3.05) is 21.3 Å². The maximum Gasteiger partial charge on any atom is 0.336 e. The molecule has 0 spiro atoms. The van der Waals surface area contributed by atoms with Gasteiger partial charge in [-0.05, 0) is 41.5 Å². The first kappa shape index (κ1) is 23.8. The molecule has 0 atom stereocenters. The second kappa shape index (κ2) is 10.3. The molecular formula is C25H21N3O6S. The van der Waals surface area contributed by atoms with Crippen molar-refractivity contribution in [3.63, 3.8) is 0 Å². The Morgan fingerprint density at radius 1 is 0.857 bits per heavy atom. The number of carbonyl (C=O) groups is 2. The molecule has 2 heterocycles. The molecule has 0 saturated carbocycles. The van der Waals surface area contributed by atoms with Gasteiger partial charge in [-0.25, -0.2) is 9.78 Å². The summed E-state index contributed by atoms with van der Waals surface area (Å²) in [4.78, 5) is 30.5. The molecule has 35 heavy (non-hydrogen) atoms. The zero-order chi connectivity index (χ0) is 24.9. The van der Waals surface area contributed by atoms with Gasteiger partial charge in [0.15, 0.2) is 17.3 Å². The van der Waals surface area contributed by atoms with Gasteiger partial charge in [0.1, 0.15) is 11.0 Å². The Hall–Kier alpha value is -4.31. The number of carboxylic acids is 1. The number of hydrogen-bond donors (Lipinski definition) is 1. The molecule has 4 rings (SSSR count). The number of allylic oxidation sites excluding steroid dienone is 1. The lowest BCUT2D eigenvalue weighted by molar-refractivity contribution is -0.130. The van der Waals surface area contributed by atoms with Crippen molar-refractivity contribution < 1.29 is 28.9 Å². The molecule has 0 saturated heterocycles. The van der Waals surface area contributed by atoms with Gasteiger partial charge in [0, 0.05) is 29.8 Å². The van der Waals surface area contributed by atoms with Crippen molar-refractivity contribution in [2.24, 2.45) is 0 Å². The lowest BCUT2D eigenvalue weighted by Crippen LogP contribution is -2.14. The Bertz CT molecular complexity index is 1430. The van der Waals surface area contributed by atoms with Crippen LogP contribution in [0.4, 0.5) is 0 Å². The number of fused-ring (bicyclic) bond motifs is 1. The minimum absolute atomic E-state index is 0.0269. The molecule has 9 nitrogen and oxygen atoms in total. The van der Waals surface area contributed by atoms with Crippen molar-refractivity contribution in [1.29, 1.82) is 0 Å². The first-order valence-electron chi connectivity index (χ1n) is 10.4. The van der Waals surface area contributed by atoms with E-state index < -0.39 is 11.8 Å². The molecule has 0 aliphatic heterocycles. The van der Waals surface area contributed by atoms with Crippen LogP contribution in [-0.4, -0.2) is 51.9 Å². The fraction of sp³-hybridized carbons (Fsp3) is 0.160. The summed E-state index contributed by atoms with van der Waals surface area (Å²) in [5, 5.41) is 10.2. The molecule has 178 valence electrons. The van der Waals surface area contributed by atoms with E-state index in [0.29, 0.717) is 39.5 Å². The van der Waals surface area contributed by atoms with Crippen molar-refractivity contribution in [2.45, 2.75) is 6.42 Å². The zero-order valence-corrected chi connectivity index (χ0v) is 20.0. The second-order valence-electron chi connectivity index (χ2n) is 7.41. The largest absolute Gasteiger partial charge is 0.493 e. The lowest BCUT2D eigenvalue weighted by atomic mass is 9.89. The van der Waals surface area contributed by atoms with Crippen LogP contribution in [0, 0.1) is 0 Å². The molecule has 0 aliphatic rings. The Balaban J connectivity index is 1.89. The maximum absolute atomic E-state index is 13.8. The molecular weight excluding hydrogens is 470 g/mol. The van der Waals surface area contributed by atoms with E-state index in [1.165, 1.54) is 27.4 Å². The zero-order valence-electron chi connectivity index (χ0n) is 19.1. The molecule has 0 fully saturated rings. The number of Topliss-reactive ketones (excluding diaryl/α,β-unsaturated/α-hetero) is 1. The van der Waals surface area contributed by atoms with Gasteiger partial charge < -0.3 is 19.3 Å². The molecule has 1 N–H and O–H groups in total. The van der Waals surface area contributed by atoms with Gasteiger partial charge >= 0.3 is 5.97 Å². The van der Waals surface area contributed by atoms with E-state index in [9.17, 15) is 14.7 Å². The summed E-state index contributed by atoms with van der Waals surface area (Å²) in [6, 6.07) is 13.0. The summed E-state index contributed by atoms with van der Waals surface area (Å²) in [6.45, 7) is 0. The Morgan fingerprint density at radius 3 is 2.26 bits per heavy atom. The van der Waals surface area contributed by atoms with Crippen LogP contribution in [0.25, 0.3) is 16.6 Å². The third kappa shape index (κ3) is 4.97. The summed E-state index contributed by atoms with van der Waals surface area (Å²) in [5.74, 6) is -0.483. The highest BCUT2D eigenvalue weighted by molar-refractivity contribution is 7.00. The number of benzene rings is 2. The summed E-state index contributed by atoms with van der Waals surface area (Å²) in [5.41, 5.74) is 2.41. The quantitative estimate of drug-likeness (QED) is 0.273. The van der Waals surface area contributed by atoms with Gasteiger partial charge in [0.25, 0.3) is 0 Å². The topological polar surface area (TPSA) is 121 Å². The fourth-order valence-electron chi connectivity index (χ4n) is 3.64. The molecule has 2 aromatic heterocycles. The van der Waals surface area contributed by atoms with Crippen molar-refractivity contribution in [3.05, 3.63) is 77.0 Å². The smallest absolute Gasteiger partial charge is 0.336 e. The molecule has 0 bridgehead atoms. The average Bonchev–Trinajstić information content (AvgIpc) is 3.35. The number of nitrogens with zero attached hydrogens (tertiary/aromatic N) is 3. The number of carboxylic acid groups (broad SMARTS) is 1. The molecule has 10 heteroatoms. The number of aliphatic carboxylic acids is 1. The molecule has 0 aliphatic carbocycles. The number of carbonyl (C=O) groups excluding carboxylic acids is 1. The van der Waals surface area contributed by atoms with E-state index in [1.807, 2.05) is 0 Å². The van der Waals surface area contributed by atoms with Crippen LogP contribution in [0.5, 0.6) is 17.4 Å². The highest BCUT2D eigenvalue weighted by atomic mass is 32.1. The standard InChI is InChI=1S/C25H21N3O6S/c1-32-20-8-6-16(12-21(20)33-2)24(29)17(10-14-4-9-22(34-3)26-13-14)23(25(30)31)15-5-7-18-19(11-15)28-35-27-18/h4-9,11-13H,10H2,1-3H3,(H,30,31). The molecule has 0 radical (unpaired) electrons. The van der Waals surface area contributed by atoms with Gasteiger partial charge in [-0.2, -0.15) is 8.75 Å². The minimum atomic E-state index is -1.24. The van der Waals surface area contributed by atoms with E-state index >= 15 is 0 Å². The lowest BCUT2D eigenvalue weighted by Gasteiger charge is -2.14. The second-order valence-corrected chi connectivity index (χ2v) is 7.94. The first-order valence-corrected chi connectivity index (χ1v) is 11.1. The number of pyridine rings is 1. The van der Waals surface area contributed by atoms with Crippen LogP contribution in [-0.2, 0) is 11.2 Å². The SMILES string of the molecule is COc1ccc(CC(C(=O)c2ccc(OC)c(OC)c2)=C(C(=O)O)c2ccc3nsnc3c2)cn1. The van der Waals surface area contributed by atoms with Crippen LogP contribution < -0.4 is 14.2 Å². The summed E-state index contributed by atoms with van der Waals surface area (Å²) >= 11 is 1.03. The number of hydrogen-bond acceptors (Lipinski definition) is 9. The number of ether oxygens (including phenoxy) is 3. The number of ketones is 1. The first-order chi connectivity index (χ1) is 16.9. The predicted molar refractivity (Wildman–Crippen MR) is 130 cm³/mol. The third-order valence-corrected chi connectivity index (χ3v) is 5.92. The monoisotopic (exact) mass is 491 g/mol. The van der Waals surface area contributed by atoms with E-state index in [0.717, 1.165) is 11.7 Å². The van der Waals surface area contributed by atoms with Crippen LogP contribution >= 0.6 is 11.7 Å². The van der Waals surface area contributed by atoms with Crippen molar-refractivity contribution >= 4 is 40.1 Å². The van der Waals surface area contributed by atoms with Crippen LogP contribution in [0.2, 0.25) is 0 Å². The van der Waals surface area contributed by atoms with Gasteiger partial charge in [-0.3, -0.25) is 4.79 Å². The van der Waals surface area contributed by atoms with Crippen LogP contribution in [0.15, 0.2) is 60.3 Å². The van der Waals surface area contributed by atoms with Crippen LogP contribution in [0.1, 0.15) is 21.5 Å². The van der Waals surface area contributed by atoms with Gasteiger partial charge in [-0.1, -0.05) is 12.1 Å². The highest BCUT2D eigenvalue weighted by Gasteiger charge is 2.25. The molecule has 2 aromatic carbocycles. The van der Waals surface area contributed by atoms with Gasteiger partial charge in [0.05, 0.1) is 38.6 Å². The summed E-state index contributed by atoms with van der Waals surface area (Å²) < 4.78 is 24.1. The number of methoxy groups -OCH3 is 3. The van der Waals surface area contributed by atoms with E-state index in [1.54, 1.807) is 48.7 Å². The van der Waals surface area contributed by atoms with Crippen molar-refractivity contribution in [3.8, 4) is 17.4 Å². The van der Waals surface area contributed by atoms with Crippen molar-refractivity contribution in [1.82, 2.24) is 13.7 Å². The third-order valence-electron chi connectivity index (χ3n) is 5.37. The number of rotatable bonds is 9. The molecule has 0 unspecified atom stereocenters. The van der Waals surface area contributed by atoms with Gasteiger partial charge in [-0.15, -0.1) is 0 Å². The summed E-state index contributed by atoms with van der Waals surface area (Å²) in [7, 11) is 4.46. The maximum atomic E-state index is 13.8. The highest BCUT2D eigenvalue weighted by Crippen LogP contribution is 2.32. The summed E-state index contributed by atoms with van der Waals surface area (Å²) in [6.07, 6.45) is 1.58.